The summed E-state index contributed by atoms with van der Waals surface area (Å²) < 4.78 is 19.3. The maximum Gasteiger partial charge on any atom is 0.123 e. The summed E-state index contributed by atoms with van der Waals surface area (Å²) in [6, 6.07) is 7.13. The Labute approximate surface area is 127 Å². The van der Waals surface area contributed by atoms with Gasteiger partial charge in [-0.1, -0.05) is 26.0 Å². The summed E-state index contributed by atoms with van der Waals surface area (Å²) in [6.45, 7) is 9.11. The van der Waals surface area contributed by atoms with E-state index in [9.17, 15) is 4.39 Å². The Morgan fingerprint density at radius 2 is 2.29 bits per heavy atom. The Kier molecular flexibility index (Phi) is 6.61. The van der Waals surface area contributed by atoms with Crippen molar-refractivity contribution in [2.75, 3.05) is 32.8 Å². The first-order valence-electron chi connectivity index (χ1n) is 8.04. The molecule has 21 heavy (non-hydrogen) atoms. The van der Waals surface area contributed by atoms with Crippen molar-refractivity contribution in [3.63, 3.8) is 0 Å². The number of nitrogens with one attached hydrogen (secondary N) is 1. The lowest BCUT2D eigenvalue weighted by atomic mass is 9.99. The topological polar surface area (TPSA) is 24.5 Å². The third-order valence-electron chi connectivity index (χ3n) is 4.07. The summed E-state index contributed by atoms with van der Waals surface area (Å²) in [6.07, 6.45) is 2.07. The van der Waals surface area contributed by atoms with Crippen molar-refractivity contribution in [1.29, 1.82) is 0 Å². The van der Waals surface area contributed by atoms with E-state index in [-0.39, 0.29) is 18.0 Å². The summed E-state index contributed by atoms with van der Waals surface area (Å²) in [5.41, 5.74) is 1.03. The van der Waals surface area contributed by atoms with Gasteiger partial charge in [0.05, 0.1) is 12.7 Å². The molecule has 118 valence electrons. The van der Waals surface area contributed by atoms with Crippen molar-refractivity contribution in [2.45, 2.75) is 38.8 Å². The molecule has 0 radical (unpaired) electrons. The molecule has 1 N–H and O–H groups in total. The first-order valence-corrected chi connectivity index (χ1v) is 8.04. The zero-order valence-corrected chi connectivity index (χ0v) is 13.1. The Bertz CT molecular complexity index is 427. The van der Waals surface area contributed by atoms with Crippen LogP contribution < -0.4 is 5.32 Å². The van der Waals surface area contributed by atoms with Gasteiger partial charge < -0.3 is 10.1 Å². The van der Waals surface area contributed by atoms with Crippen LogP contribution in [0.5, 0.6) is 0 Å². The van der Waals surface area contributed by atoms with E-state index in [4.69, 9.17) is 4.74 Å². The van der Waals surface area contributed by atoms with Crippen molar-refractivity contribution in [3.8, 4) is 0 Å². The summed E-state index contributed by atoms with van der Waals surface area (Å²) in [4.78, 5) is 2.42. The maximum absolute atomic E-state index is 13.4. The van der Waals surface area contributed by atoms with Crippen LogP contribution in [-0.4, -0.2) is 49.8 Å². The highest BCUT2D eigenvalue weighted by molar-refractivity contribution is 5.18. The van der Waals surface area contributed by atoms with E-state index in [2.05, 4.69) is 24.1 Å². The molecule has 2 atom stereocenters. The summed E-state index contributed by atoms with van der Waals surface area (Å²) in [7, 11) is 0. The van der Waals surface area contributed by atoms with Crippen LogP contribution >= 0.6 is 0 Å². The fraction of sp³-hybridized carbons (Fsp3) is 0.647. The van der Waals surface area contributed by atoms with Crippen LogP contribution in [0.1, 0.15) is 25.8 Å². The van der Waals surface area contributed by atoms with Gasteiger partial charge in [0.15, 0.2) is 0 Å². The van der Waals surface area contributed by atoms with Crippen molar-refractivity contribution < 1.29 is 9.13 Å². The van der Waals surface area contributed by atoms with Gasteiger partial charge in [-0.3, -0.25) is 4.90 Å². The van der Waals surface area contributed by atoms with Gasteiger partial charge in [-0.25, -0.2) is 4.39 Å². The maximum atomic E-state index is 13.4. The second kappa shape index (κ2) is 8.47. The monoisotopic (exact) mass is 294 g/mol. The second-order valence-corrected chi connectivity index (χ2v) is 5.70. The summed E-state index contributed by atoms with van der Waals surface area (Å²) >= 11 is 0. The molecule has 1 heterocycles. The van der Waals surface area contributed by atoms with E-state index >= 15 is 0 Å². The molecule has 0 saturated carbocycles. The minimum Gasteiger partial charge on any atom is -0.374 e. The van der Waals surface area contributed by atoms with Gasteiger partial charge in [0.1, 0.15) is 5.82 Å². The molecule has 0 amide bonds. The van der Waals surface area contributed by atoms with Crippen LogP contribution in [0.4, 0.5) is 4.39 Å². The molecule has 0 aliphatic carbocycles. The Morgan fingerprint density at radius 3 is 3.00 bits per heavy atom. The SMILES string of the molecule is CCCNC(Cc1cccc(F)c1)C1CN(CC)CCO1. The Morgan fingerprint density at radius 1 is 1.43 bits per heavy atom. The summed E-state index contributed by atoms with van der Waals surface area (Å²) in [5.74, 6) is -0.165. The molecule has 2 unspecified atom stereocenters. The number of halogens is 1. The highest BCUT2D eigenvalue weighted by Crippen LogP contribution is 2.14. The molecule has 1 aliphatic rings. The molecule has 1 aromatic rings. The van der Waals surface area contributed by atoms with Crippen LogP contribution in [0.2, 0.25) is 0 Å². The predicted octanol–water partition coefficient (Wildman–Crippen LogP) is 2.46. The van der Waals surface area contributed by atoms with Crippen LogP contribution in [0, 0.1) is 5.82 Å². The smallest absolute Gasteiger partial charge is 0.123 e. The molecule has 1 aromatic carbocycles. The molecular formula is C17H27FN2O. The van der Waals surface area contributed by atoms with E-state index in [1.165, 1.54) is 6.07 Å². The lowest BCUT2D eigenvalue weighted by Gasteiger charge is -2.37. The van der Waals surface area contributed by atoms with Gasteiger partial charge in [-0.15, -0.1) is 0 Å². The number of rotatable bonds is 7. The molecular weight excluding hydrogens is 267 g/mol. The molecule has 4 heteroatoms. The molecule has 0 bridgehead atoms. The van der Waals surface area contributed by atoms with Crippen LogP contribution in [0.3, 0.4) is 0 Å². The van der Waals surface area contributed by atoms with Gasteiger partial charge >= 0.3 is 0 Å². The zero-order valence-electron chi connectivity index (χ0n) is 13.1. The minimum absolute atomic E-state index is 0.165. The number of hydrogen-bond donors (Lipinski definition) is 1. The summed E-state index contributed by atoms with van der Waals surface area (Å²) in [5, 5.41) is 3.58. The van der Waals surface area contributed by atoms with Gasteiger partial charge in [0.25, 0.3) is 0 Å². The zero-order chi connectivity index (χ0) is 15.1. The standard InChI is InChI=1S/C17H27FN2O/c1-3-8-19-16(12-14-6-5-7-15(18)11-14)17-13-20(4-2)9-10-21-17/h5-7,11,16-17,19H,3-4,8-10,12-13H2,1-2H3. The number of ether oxygens (including phenoxy) is 1. The van der Waals surface area contributed by atoms with Crippen LogP contribution in [-0.2, 0) is 11.2 Å². The largest absolute Gasteiger partial charge is 0.374 e. The van der Waals surface area contributed by atoms with E-state index in [1.54, 1.807) is 12.1 Å². The fourth-order valence-electron chi connectivity index (χ4n) is 2.84. The van der Waals surface area contributed by atoms with Gasteiger partial charge in [0.2, 0.25) is 0 Å². The lowest BCUT2D eigenvalue weighted by molar-refractivity contribution is -0.0447. The number of likely N-dealkylation sites (N-methyl/N-ethyl adjacent to an activating group) is 1. The Balaban J connectivity index is 2.02. The van der Waals surface area contributed by atoms with Crippen molar-refractivity contribution in [1.82, 2.24) is 10.2 Å². The van der Waals surface area contributed by atoms with Crippen LogP contribution in [0.15, 0.2) is 24.3 Å². The molecule has 1 saturated heterocycles. The number of hydrogen-bond acceptors (Lipinski definition) is 3. The quantitative estimate of drug-likeness (QED) is 0.836. The van der Waals surface area contributed by atoms with E-state index in [0.717, 1.165) is 51.2 Å². The van der Waals surface area contributed by atoms with E-state index in [0.29, 0.717) is 0 Å². The van der Waals surface area contributed by atoms with Crippen molar-refractivity contribution in [2.24, 2.45) is 0 Å². The molecule has 1 fully saturated rings. The first-order chi connectivity index (χ1) is 10.2. The van der Waals surface area contributed by atoms with Crippen LogP contribution in [0.25, 0.3) is 0 Å². The van der Waals surface area contributed by atoms with E-state index in [1.807, 2.05) is 6.07 Å². The molecule has 0 spiro atoms. The van der Waals surface area contributed by atoms with Gasteiger partial charge in [-0.2, -0.15) is 0 Å². The van der Waals surface area contributed by atoms with Crippen molar-refractivity contribution >= 4 is 0 Å². The van der Waals surface area contributed by atoms with Gasteiger partial charge in [0, 0.05) is 19.1 Å². The third-order valence-corrected chi connectivity index (χ3v) is 4.07. The predicted molar refractivity (Wildman–Crippen MR) is 84.0 cm³/mol. The molecule has 1 aliphatic heterocycles. The number of benzene rings is 1. The highest BCUT2D eigenvalue weighted by Gasteiger charge is 2.27. The fourth-order valence-corrected chi connectivity index (χ4v) is 2.84. The highest BCUT2D eigenvalue weighted by atomic mass is 19.1. The van der Waals surface area contributed by atoms with E-state index < -0.39 is 0 Å². The molecule has 2 rings (SSSR count). The number of morpholine rings is 1. The van der Waals surface area contributed by atoms with Crippen molar-refractivity contribution in [3.05, 3.63) is 35.6 Å². The molecule has 3 nitrogen and oxygen atoms in total. The average molecular weight is 294 g/mol. The first kappa shape index (κ1) is 16.4. The molecule has 0 aromatic heterocycles. The minimum atomic E-state index is -0.165. The lowest BCUT2D eigenvalue weighted by Crippen LogP contribution is -2.53. The Hall–Kier alpha value is -0.970. The normalized spacial score (nSPS) is 21.4. The second-order valence-electron chi connectivity index (χ2n) is 5.70. The van der Waals surface area contributed by atoms with Gasteiger partial charge in [-0.05, 0) is 43.6 Å². The average Bonchev–Trinajstić information content (AvgIpc) is 2.51. The third kappa shape index (κ3) is 5.06. The number of nitrogens with zero attached hydrogens (tertiary/aromatic N) is 1.